The van der Waals surface area contributed by atoms with Gasteiger partial charge in [0, 0.05) is 23.4 Å². The fourth-order valence-corrected chi connectivity index (χ4v) is 2.32. The zero-order chi connectivity index (χ0) is 14.7. The van der Waals surface area contributed by atoms with E-state index in [4.69, 9.17) is 0 Å². The van der Waals surface area contributed by atoms with Crippen LogP contribution in [0, 0.1) is 5.82 Å². The van der Waals surface area contributed by atoms with Crippen molar-refractivity contribution in [3.05, 3.63) is 71.6 Å². The van der Waals surface area contributed by atoms with Gasteiger partial charge in [0.25, 0.3) is 5.91 Å². The van der Waals surface area contributed by atoms with Gasteiger partial charge in [-0.3, -0.25) is 4.79 Å². The Bertz CT molecular complexity index is 692. The summed E-state index contributed by atoms with van der Waals surface area (Å²) in [5.74, 6) is -0.603. The van der Waals surface area contributed by atoms with Crippen molar-refractivity contribution in [2.45, 2.75) is 6.42 Å². The molecule has 0 saturated heterocycles. The number of rotatable bonds is 3. The van der Waals surface area contributed by atoms with Crippen LogP contribution in [0.1, 0.15) is 22.3 Å². The summed E-state index contributed by atoms with van der Waals surface area (Å²) in [4.78, 5) is 12.2. The second-order valence-electron chi connectivity index (χ2n) is 4.84. The molecule has 0 aromatic heterocycles. The topological polar surface area (TPSA) is 41.1 Å². The van der Waals surface area contributed by atoms with Crippen LogP contribution < -0.4 is 10.6 Å². The van der Waals surface area contributed by atoms with E-state index in [1.807, 2.05) is 24.3 Å². The highest BCUT2D eigenvalue weighted by Gasteiger charge is 2.13. The molecule has 3 rings (SSSR count). The second kappa shape index (κ2) is 5.79. The van der Waals surface area contributed by atoms with E-state index in [1.165, 1.54) is 24.3 Å². The highest BCUT2D eigenvalue weighted by molar-refractivity contribution is 6.05. The molecule has 4 heteroatoms. The minimum Gasteiger partial charge on any atom is -0.384 e. The van der Waals surface area contributed by atoms with Crippen molar-refractivity contribution in [1.29, 1.82) is 0 Å². The van der Waals surface area contributed by atoms with Gasteiger partial charge in [0.05, 0.1) is 5.69 Å². The van der Waals surface area contributed by atoms with Gasteiger partial charge >= 0.3 is 0 Å². The second-order valence-corrected chi connectivity index (χ2v) is 4.84. The molecule has 1 heterocycles. The van der Waals surface area contributed by atoms with E-state index in [0.717, 1.165) is 29.9 Å². The molecule has 1 aliphatic heterocycles. The minimum absolute atomic E-state index is 0.249. The first-order valence-corrected chi connectivity index (χ1v) is 6.84. The van der Waals surface area contributed by atoms with Crippen LogP contribution in [-0.2, 0) is 0 Å². The number of carbonyl (C=O) groups is 1. The third-order valence-electron chi connectivity index (χ3n) is 3.38. The quantitative estimate of drug-likeness (QED) is 0.905. The molecule has 1 amide bonds. The molecule has 2 aromatic rings. The van der Waals surface area contributed by atoms with Crippen molar-refractivity contribution < 1.29 is 9.18 Å². The average molecular weight is 282 g/mol. The van der Waals surface area contributed by atoms with Gasteiger partial charge in [0.15, 0.2) is 0 Å². The summed E-state index contributed by atoms with van der Waals surface area (Å²) >= 11 is 0. The molecule has 0 saturated carbocycles. The number of carbonyl (C=O) groups excluding carboxylic acids is 1. The first-order valence-electron chi connectivity index (χ1n) is 6.84. The van der Waals surface area contributed by atoms with Gasteiger partial charge in [-0.1, -0.05) is 24.3 Å². The molecule has 106 valence electrons. The Kier molecular flexibility index (Phi) is 3.69. The lowest BCUT2D eigenvalue weighted by molar-refractivity contribution is 0.102. The Morgan fingerprint density at radius 3 is 2.57 bits per heavy atom. The van der Waals surface area contributed by atoms with Gasteiger partial charge in [-0.15, -0.1) is 0 Å². The molecular formula is C17H15FN2O. The maximum Gasteiger partial charge on any atom is 0.255 e. The Hall–Kier alpha value is -2.62. The number of halogens is 1. The van der Waals surface area contributed by atoms with E-state index in [9.17, 15) is 9.18 Å². The summed E-state index contributed by atoms with van der Waals surface area (Å²) in [6.07, 6.45) is 3.10. The Labute approximate surface area is 122 Å². The standard InChI is InChI=1S/C17H15FN2O/c18-13-9-7-12(8-10-13)17(21)20-16-5-2-1-4-14(16)15-6-3-11-19-15/h1-2,4-10,19H,3,11H2,(H,20,21). The molecule has 0 fully saturated rings. The molecule has 0 unspecified atom stereocenters. The summed E-state index contributed by atoms with van der Waals surface area (Å²) in [7, 11) is 0. The van der Waals surface area contributed by atoms with Gasteiger partial charge in [-0.25, -0.2) is 4.39 Å². The van der Waals surface area contributed by atoms with Crippen molar-refractivity contribution in [2.24, 2.45) is 0 Å². The number of amides is 1. The molecule has 2 N–H and O–H groups in total. The normalized spacial score (nSPS) is 13.5. The predicted octanol–water partition coefficient (Wildman–Crippen LogP) is 3.41. The molecule has 3 nitrogen and oxygen atoms in total. The largest absolute Gasteiger partial charge is 0.384 e. The lowest BCUT2D eigenvalue weighted by Crippen LogP contribution is -2.15. The smallest absolute Gasteiger partial charge is 0.255 e. The Morgan fingerprint density at radius 1 is 1.10 bits per heavy atom. The first-order chi connectivity index (χ1) is 10.2. The van der Waals surface area contributed by atoms with Crippen LogP contribution in [0.2, 0.25) is 0 Å². The highest BCUT2D eigenvalue weighted by atomic mass is 19.1. The predicted molar refractivity (Wildman–Crippen MR) is 81.4 cm³/mol. The zero-order valence-corrected chi connectivity index (χ0v) is 11.4. The third-order valence-corrected chi connectivity index (χ3v) is 3.38. The summed E-state index contributed by atoms with van der Waals surface area (Å²) in [5.41, 5.74) is 3.17. The molecule has 0 spiro atoms. The van der Waals surface area contributed by atoms with Crippen LogP contribution in [0.15, 0.2) is 54.6 Å². The van der Waals surface area contributed by atoms with Crippen molar-refractivity contribution >= 4 is 17.3 Å². The van der Waals surface area contributed by atoms with Crippen molar-refractivity contribution in [3.63, 3.8) is 0 Å². The molecule has 1 aliphatic rings. The average Bonchev–Trinajstić information content (AvgIpc) is 3.02. The van der Waals surface area contributed by atoms with Crippen LogP contribution in [0.25, 0.3) is 5.70 Å². The lowest BCUT2D eigenvalue weighted by Gasteiger charge is -2.12. The SMILES string of the molecule is O=C(Nc1ccccc1C1=CCCN1)c1ccc(F)cc1. The molecule has 2 aromatic carbocycles. The molecule has 0 aliphatic carbocycles. The van der Waals surface area contributed by atoms with Crippen LogP contribution in [0.4, 0.5) is 10.1 Å². The van der Waals surface area contributed by atoms with Gasteiger partial charge in [-0.05, 0) is 36.8 Å². The number of anilines is 1. The lowest BCUT2D eigenvalue weighted by atomic mass is 10.1. The Morgan fingerprint density at radius 2 is 1.86 bits per heavy atom. The van der Waals surface area contributed by atoms with Crippen LogP contribution in [0.5, 0.6) is 0 Å². The van der Waals surface area contributed by atoms with Crippen LogP contribution in [0.3, 0.4) is 0 Å². The maximum absolute atomic E-state index is 12.9. The van der Waals surface area contributed by atoms with E-state index in [-0.39, 0.29) is 11.7 Å². The number of nitrogens with one attached hydrogen (secondary N) is 2. The number of hydrogen-bond acceptors (Lipinski definition) is 2. The van der Waals surface area contributed by atoms with E-state index in [2.05, 4.69) is 16.7 Å². The molecule has 0 atom stereocenters. The first kappa shape index (κ1) is 13.4. The van der Waals surface area contributed by atoms with Gasteiger partial charge in [0.2, 0.25) is 0 Å². The maximum atomic E-state index is 12.9. The zero-order valence-electron chi connectivity index (χ0n) is 11.4. The molecular weight excluding hydrogens is 267 g/mol. The van der Waals surface area contributed by atoms with E-state index < -0.39 is 0 Å². The Balaban J connectivity index is 1.84. The summed E-state index contributed by atoms with van der Waals surface area (Å²) < 4.78 is 12.9. The fraction of sp³-hybridized carbons (Fsp3) is 0.118. The number of hydrogen-bond donors (Lipinski definition) is 2. The van der Waals surface area contributed by atoms with Crippen molar-refractivity contribution in [2.75, 3.05) is 11.9 Å². The minimum atomic E-state index is -0.354. The van der Waals surface area contributed by atoms with Gasteiger partial charge < -0.3 is 10.6 Å². The highest BCUT2D eigenvalue weighted by Crippen LogP contribution is 2.25. The number of para-hydroxylation sites is 1. The van der Waals surface area contributed by atoms with Gasteiger partial charge in [0.1, 0.15) is 5.82 Å². The van der Waals surface area contributed by atoms with Gasteiger partial charge in [-0.2, -0.15) is 0 Å². The van der Waals surface area contributed by atoms with E-state index >= 15 is 0 Å². The molecule has 0 bridgehead atoms. The van der Waals surface area contributed by atoms with Crippen LogP contribution in [-0.4, -0.2) is 12.5 Å². The summed E-state index contributed by atoms with van der Waals surface area (Å²) in [6.45, 7) is 0.912. The van der Waals surface area contributed by atoms with Crippen LogP contribution >= 0.6 is 0 Å². The molecule has 0 radical (unpaired) electrons. The van der Waals surface area contributed by atoms with E-state index in [1.54, 1.807) is 0 Å². The van der Waals surface area contributed by atoms with Crippen molar-refractivity contribution in [1.82, 2.24) is 5.32 Å². The summed E-state index contributed by atoms with van der Waals surface area (Å²) in [5, 5.41) is 6.17. The fourth-order valence-electron chi connectivity index (χ4n) is 2.32. The summed E-state index contributed by atoms with van der Waals surface area (Å²) in [6, 6.07) is 13.1. The monoisotopic (exact) mass is 282 g/mol. The van der Waals surface area contributed by atoms with E-state index in [0.29, 0.717) is 5.56 Å². The molecule has 21 heavy (non-hydrogen) atoms. The number of benzene rings is 2. The third kappa shape index (κ3) is 2.94. The van der Waals surface area contributed by atoms with Crippen molar-refractivity contribution in [3.8, 4) is 0 Å².